The summed E-state index contributed by atoms with van der Waals surface area (Å²) in [4.78, 5) is 11.7. The van der Waals surface area contributed by atoms with Crippen LogP contribution >= 0.6 is 23.5 Å². The minimum Gasteiger partial charge on any atom is -0.326 e. The lowest BCUT2D eigenvalue weighted by atomic mass is 10.2. The van der Waals surface area contributed by atoms with Gasteiger partial charge in [-0.25, -0.2) is 0 Å². The van der Waals surface area contributed by atoms with Gasteiger partial charge in [-0.3, -0.25) is 4.79 Å². The van der Waals surface area contributed by atoms with E-state index in [9.17, 15) is 4.79 Å². The van der Waals surface area contributed by atoms with E-state index in [4.69, 9.17) is 0 Å². The molecule has 0 aromatic heterocycles. The molecule has 0 radical (unpaired) electrons. The van der Waals surface area contributed by atoms with Gasteiger partial charge in [-0.05, 0) is 24.1 Å². The summed E-state index contributed by atoms with van der Waals surface area (Å²) in [6.45, 7) is 2.15. The molecule has 2 rings (SSSR count). The van der Waals surface area contributed by atoms with Gasteiger partial charge in [0.05, 0.1) is 4.58 Å². The van der Waals surface area contributed by atoms with E-state index < -0.39 is 0 Å². The number of carbonyl (C=O) groups is 1. The summed E-state index contributed by atoms with van der Waals surface area (Å²) in [6, 6.07) is 8.31. The molecule has 4 heteroatoms. The second kappa shape index (κ2) is 7.85. The molecule has 1 aromatic carbocycles. The van der Waals surface area contributed by atoms with E-state index in [0.717, 1.165) is 24.9 Å². The molecule has 1 amide bonds. The molecule has 1 N–H and O–H groups in total. The molecule has 1 saturated heterocycles. The van der Waals surface area contributed by atoms with Crippen LogP contribution in [-0.4, -0.2) is 17.4 Å². The Bertz CT molecular complexity index is 399. The third-order valence-electron chi connectivity index (χ3n) is 3.10. The van der Waals surface area contributed by atoms with Crippen LogP contribution in [0.25, 0.3) is 0 Å². The highest BCUT2D eigenvalue weighted by Gasteiger charge is 2.17. The van der Waals surface area contributed by atoms with Gasteiger partial charge >= 0.3 is 0 Å². The van der Waals surface area contributed by atoms with Gasteiger partial charge in [0, 0.05) is 23.6 Å². The van der Waals surface area contributed by atoms with Gasteiger partial charge in [0.2, 0.25) is 5.91 Å². The molecular formula is C15H21NOS2. The molecule has 1 aromatic rings. The Balaban J connectivity index is 1.82. The highest BCUT2D eigenvalue weighted by Crippen LogP contribution is 2.45. The Hall–Kier alpha value is -0.610. The molecule has 104 valence electrons. The number of anilines is 1. The van der Waals surface area contributed by atoms with Crippen molar-refractivity contribution in [2.24, 2.45) is 0 Å². The van der Waals surface area contributed by atoms with Crippen LogP contribution in [0.3, 0.4) is 0 Å². The van der Waals surface area contributed by atoms with Crippen LogP contribution in [0.5, 0.6) is 0 Å². The van der Waals surface area contributed by atoms with Crippen molar-refractivity contribution >= 4 is 35.1 Å². The van der Waals surface area contributed by atoms with Gasteiger partial charge in [0.25, 0.3) is 0 Å². The Morgan fingerprint density at radius 3 is 2.53 bits per heavy atom. The van der Waals surface area contributed by atoms with E-state index >= 15 is 0 Å². The molecule has 19 heavy (non-hydrogen) atoms. The number of carbonyl (C=O) groups excluding carboxylic acids is 1. The molecule has 0 atom stereocenters. The third kappa shape index (κ3) is 4.77. The summed E-state index contributed by atoms with van der Waals surface area (Å²) in [5.41, 5.74) is 2.27. The molecule has 1 heterocycles. The van der Waals surface area contributed by atoms with E-state index in [0.29, 0.717) is 11.0 Å². The largest absolute Gasteiger partial charge is 0.326 e. The van der Waals surface area contributed by atoms with E-state index in [-0.39, 0.29) is 5.91 Å². The SMILES string of the molecule is CCCCCC(=O)Nc1ccc(C2SCCS2)cc1. The van der Waals surface area contributed by atoms with Crippen molar-refractivity contribution in [3.05, 3.63) is 29.8 Å². The van der Waals surface area contributed by atoms with Crippen molar-refractivity contribution in [1.29, 1.82) is 0 Å². The molecular weight excluding hydrogens is 274 g/mol. The lowest BCUT2D eigenvalue weighted by Crippen LogP contribution is -2.10. The first-order chi connectivity index (χ1) is 9.29. The molecule has 0 spiro atoms. The summed E-state index contributed by atoms with van der Waals surface area (Å²) in [5.74, 6) is 2.61. The summed E-state index contributed by atoms with van der Waals surface area (Å²) in [7, 11) is 0. The minimum atomic E-state index is 0.130. The van der Waals surface area contributed by atoms with E-state index in [1.807, 2.05) is 35.7 Å². The van der Waals surface area contributed by atoms with Crippen molar-refractivity contribution in [3.63, 3.8) is 0 Å². The highest BCUT2D eigenvalue weighted by molar-refractivity contribution is 8.19. The summed E-state index contributed by atoms with van der Waals surface area (Å²) < 4.78 is 0.578. The van der Waals surface area contributed by atoms with Crippen molar-refractivity contribution in [2.45, 2.75) is 37.2 Å². The normalized spacial score (nSPS) is 15.6. The zero-order valence-electron chi connectivity index (χ0n) is 11.4. The monoisotopic (exact) mass is 295 g/mol. The van der Waals surface area contributed by atoms with Crippen molar-refractivity contribution < 1.29 is 4.79 Å². The Kier molecular flexibility index (Phi) is 6.11. The molecule has 2 nitrogen and oxygen atoms in total. The standard InChI is InChI=1S/C15H21NOS2/c1-2-3-4-5-14(17)16-13-8-6-12(7-9-13)15-18-10-11-19-15/h6-9,15H,2-5,10-11H2,1H3,(H,16,17). The van der Waals surface area contributed by atoms with Crippen LogP contribution < -0.4 is 5.32 Å². The van der Waals surface area contributed by atoms with Crippen LogP contribution in [0.1, 0.15) is 42.8 Å². The highest BCUT2D eigenvalue weighted by atomic mass is 32.2. The topological polar surface area (TPSA) is 29.1 Å². The first-order valence-electron chi connectivity index (χ1n) is 6.92. The molecule has 1 fully saturated rings. The van der Waals surface area contributed by atoms with Gasteiger partial charge in [-0.1, -0.05) is 31.9 Å². The van der Waals surface area contributed by atoms with Crippen LogP contribution in [0, 0.1) is 0 Å². The van der Waals surface area contributed by atoms with Gasteiger partial charge in [0.15, 0.2) is 0 Å². The number of unbranched alkanes of at least 4 members (excludes halogenated alkanes) is 2. The molecule has 1 aliphatic heterocycles. The quantitative estimate of drug-likeness (QED) is 0.772. The molecule has 0 aliphatic carbocycles. The fraction of sp³-hybridized carbons (Fsp3) is 0.533. The number of thioether (sulfide) groups is 2. The van der Waals surface area contributed by atoms with Crippen LogP contribution in [-0.2, 0) is 4.79 Å². The first kappa shape index (κ1) is 14.8. The second-order valence-corrected chi connectivity index (χ2v) is 7.43. The molecule has 0 bridgehead atoms. The predicted octanol–water partition coefficient (Wildman–Crippen LogP) is 4.68. The third-order valence-corrected chi connectivity index (χ3v) is 6.20. The van der Waals surface area contributed by atoms with Crippen molar-refractivity contribution in [3.8, 4) is 0 Å². The maximum Gasteiger partial charge on any atom is 0.224 e. The number of hydrogen-bond donors (Lipinski definition) is 1. The van der Waals surface area contributed by atoms with E-state index in [1.165, 1.54) is 17.1 Å². The smallest absolute Gasteiger partial charge is 0.224 e. The Labute approximate surface area is 124 Å². The summed E-state index contributed by atoms with van der Waals surface area (Å²) in [5, 5.41) is 2.97. The molecule has 1 aliphatic rings. The Morgan fingerprint density at radius 2 is 1.89 bits per heavy atom. The number of nitrogens with one attached hydrogen (secondary N) is 1. The number of rotatable bonds is 6. The maximum atomic E-state index is 11.7. The summed E-state index contributed by atoms with van der Waals surface area (Å²) in [6.07, 6.45) is 3.89. The van der Waals surface area contributed by atoms with Crippen molar-refractivity contribution in [2.75, 3.05) is 16.8 Å². The average Bonchev–Trinajstić information content (AvgIpc) is 2.94. The maximum absolute atomic E-state index is 11.7. The lowest BCUT2D eigenvalue weighted by Gasteiger charge is -2.10. The number of amides is 1. The lowest BCUT2D eigenvalue weighted by molar-refractivity contribution is -0.116. The van der Waals surface area contributed by atoms with E-state index in [1.54, 1.807) is 0 Å². The Morgan fingerprint density at radius 1 is 1.21 bits per heavy atom. The zero-order chi connectivity index (χ0) is 13.5. The molecule has 0 saturated carbocycles. The minimum absolute atomic E-state index is 0.130. The van der Waals surface area contributed by atoms with Gasteiger partial charge < -0.3 is 5.32 Å². The molecule has 0 unspecified atom stereocenters. The predicted molar refractivity (Wildman–Crippen MR) is 86.9 cm³/mol. The fourth-order valence-electron chi connectivity index (χ4n) is 2.03. The van der Waals surface area contributed by atoms with Gasteiger partial charge in [-0.2, -0.15) is 0 Å². The first-order valence-corrected chi connectivity index (χ1v) is 9.02. The van der Waals surface area contributed by atoms with Crippen LogP contribution in [0.15, 0.2) is 24.3 Å². The zero-order valence-corrected chi connectivity index (χ0v) is 13.0. The summed E-state index contributed by atoms with van der Waals surface area (Å²) >= 11 is 4.01. The van der Waals surface area contributed by atoms with Crippen LogP contribution in [0.2, 0.25) is 0 Å². The fourth-order valence-corrected chi connectivity index (χ4v) is 4.89. The number of benzene rings is 1. The second-order valence-electron chi connectivity index (χ2n) is 4.70. The van der Waals surface area contributed by atoms with Gasteiger partial charge in [-0.15, -0.1) is 23.5 Å². The van der Waals surface area contributed by atoms with E-state index in [2.05, 4.69) is 24.4 Å². The average molecular weight is 295 g/mol. The van der Waals surface area contributed by atoms with Crippen molar-refractivity contribution in [1.82, 2.24) is 0 Å². The number of hydrogen-bond acceptors (Lipinski definition) is 3. The van der Waals surface area contributed by atoms with Crippen LogP contribution in [0.4, 0.5) is 5.69 Å². The van der Waals surface area contributed by atoms with Gasteiger partial charge in [0.1, 0.15) is 0 Å².